The number of carbonyl (C=O) groups is 2. The minimum Gasteiger partial charge on any atom is -0.330 e. The Morgan fingerprint density at radius 2 is 2.14 bits per heavy atom. The smallest absolute Gasteiger partial charge is 0.231 e. The Morgan fingerprint density at radius 1 is 1.43 bits per heavy atom. The van der Waals surface area contributed by atoms with Crippen molar-refractivity contribution in [3.8, 4) is 0 Å². The zero-order valence-corrected chi connectivity index (χ0v) is 13.2. The molecule has 0 aliphatic carbocycles. The van der Waals surface area contributed by atoms with Crippen molar-refractivity contribution in [1.82, 2.24) is 0 Å². The third kappa shape index (κ3) is 3.74. The summed E-state index contributed by atoms with van der Waals surface area (Å²) in [6.07, 6.45) is 1.76. The van der Waals surface area contributed by atoms with Crippen molar-refractivity contribution in [2.75, 3.05) is 23.3 Å². The summed E-state index contributed by atoms with van der Waals surface area (Å²) in [5.74, 6) is -0.240. The van der Waals surface area contributed by atoms with E-state index in [0.717, 1.165) is 29.8 Å². The highest BCUT2D eigenvalue weighted by molar-refractivity contribution is 5.98. The minimum absolute atomic E-state index is 0. The summed E-state index contributed by atoms with van der Waals surface area (Å²) in [6, 6.07) is 5.67. The van der Waals surface area contributed by atoms with Crippen LogP contribution in [0, 0.1) is 5.92 Å². The third-order valence-corrected chi connectivity index (χ3v) is 3.60. The van der Waals surface area contributed by atoms with Crippen molar-refractivity contribution >= 4 is 35.6 Å². The molecule has 21 heavy (non-hydrogen) atoms. The van der Waals surface area contributed by atoms with Crippen LogP contribution >= 0.6 is 12.4 Å². The molecule has 0 fully saturated rings. The van der Waals surface area contributed by atoms with Crippen LogP contribution in [0.2, 0.25) is 0 Å². The second-order valence-corrected chi connectivity index (χ2v) is 5.21. The molecule has 0 aromatic heterocycles. The van der Waals surface area contributed by atoms with Crippen molar-refractivity contribution in [3.63, 3.8) is 0 Å². The topological polar surface area (TPSA) is 75.4 Å². The fraction of sp³-hybridized carbons (Fsp3) is 0.467. The molecular weight excluding hydrogens is 290 g/mol. The van der Waals surface area contributed by atoms with E-state index in [1.807, 2.05) is 25.1 Å². The summed E-state index contributed by atoms with van der Waals surface area (Å²) in [6.45, 7) is 4.38. The molecule has 1 aliphatic heterocycles. The van der Waals surface area contributed by atoms with Gasteiger partial charge in [-0.05, 0) is 30.5 Å². The lowest BCUT2D eigenvalue weighted by Crippen LogP contribution is -2.41. The Balaban J connectivity index is 0.00000220. The molecule has 1 aromatic rings. The van der Waals surface area contributed by atoms with Gasteiger partial charge < -0.3 is 16.0 Å². The van der Waals surface area contributed by atoms with E-state index in [9.17, 15) is 9.59 Å². The molecular formula is C15H22ClN3O2. The van der Waals surface area contributed by atoms with Gasteiger partial charge in [-0.15, -0.1) is 12.4 Å². The first kappa shape index (κ1) is 17.5. The van der Waals surface area contributed by atoms with Gasteiger partial charge in [0.2, 0.25) is 11.8 Å². The molecule has 1 aliphatic rings. The van der Waals surface area contributed by atoms with E-state index in [-0.39, 0.29) is 30.1 Å². The number of nitrogens with two attached hydrogens (primary N) is 1. The van der Waals surface area contributed by atoms with Crippen molar-refractivity contribution in [2.45, 2.75) is 26.7 Å². The van der Waals surface area contributed by atoms with Crippen molar-refractivity contribution in [3.05, 3.63) is 23.8 Å². The van der Waals surface area contributed by atoms with E-state index in [0.29, 0.717) is 13.1 Å². The van der Waals surface area contributed by atoms with Gasteiger partial charge in [0.15, 0.2) is 0 Å². The molecule has 1 aromatic carbocycles. The number of fused-ring (bicyclic) bond motifs is 1. The van der Waals surface area contributed by atoms with Gasteiger partial charge in [0.05, 0.1) is 0 Å². The second kappa shape index (κ2) is 7.43. The number of halogens is 1. The summed E-state index contributed by atoms with van der Waals surface area (Å²) in [5, 5.41) is 2.83. The normalized spacial score (nSPS) is 14.7. The highest BCUT2D eigenvalue weighted by atomic mass is 35.5. The van der Waals surface area contributed by atoms with Crippen LogP contribution in [0.4, 0.5) is 11.4 Å². The number of anilines is 2. The van der Waals surface area contributed by atoms with Crippen LogP contribution in [-0.2, 0) is 16.0 Å². The van der Waals surface area contributed by atoms with Crippen LogP contribution in [0.5, 0.6) is 0 Å². The highest BCUT2D eigenvalue weighted by Crippen LogP contribution is 2.33. The van der Waals surface area contributed by atoms with Crippen molar-refractivity contribution in [2.24, 2.45) is 11.7 Å². The van der Waals surface area contributed by atoms with Gasteiger partial charge in [-0.1, -0.05) is 13.0 Å². The predicted octanol–water partition coefficient (Wildman–Crippen LogP) is 1.94. The van der Waals surface area contributed by atoms with E-state index in [1.165, 1.54) is 6.92 Å². The monoisotopic (exact) mass is 311 g/mol. The predicted molar refractivity (Wildman–Crippen MR) is 86.9 cm³/mol. The fourth-order valence-corrected chi connectivity index (χ4v) is 2.53. The summed E-state index contributed by atoms with van der Waals surface area (Å²) < 4.78 is 0. The van der Waals surface area contributed by atoms with Gasteiger partial charge in [-0.25, -0.2) is 0 Å². The molecule has 116 valence electrons. The standard InChI is InChI=1S/C15H21N3O2.ClH/c1-10(9-16)15(20)18-8-4-5-12-13(17-11(2)19)6-3-7-14(12)18;/h3,6-7,10H,4-5,8-9,16H2,1-2H3,(H,17,19);1H. The van der Waals surface area contributed by atoms with Gasteiger partial charge in [-0.2, -0.15) is 0 Å². The second-order valence-electron chi connectivity index (χ2n) is 5.21. The summed E-state index contributed by atoms with van der Waals surface area (Å²) >= 11 is 0. The first-order valence-corrected chi connectivity index (χ1v) is 6.95. The number of nitrogens with zero attached hydrogens (tertiary/aromatic N) is 1. The molecule has 0 saturated heterocycles. The SMILES string of the molecule is CC(=O)Nc1cccc2c1CCCN2C(=O)C(C)CN.Cl. The largest absolute Gasteiger partial charge is 0.330 e. The van der Waals surface area contributed by atoms with Crippen LogP contribution in [0.3, 0.4) is 0 Å². The van der Waals surface area contributed by atoms with Gasteiger partial charge in [0, 0.05) is 37.3 Å². The van der Waals surface area contributed by atoms with Crippen molar-refractivity contribution < 1.29 is 9.59 Å². The van der Waals surface area contributed by atoms with E-state index in [1.54, 1.807) is 4.90 Å². The zero-order valence-electron chi connectivity index (χ0n) is 12.4. The molecule has 1 atom stereocenters. The van der Waals surface area contributed by atoms with E-state index in [4.69, 9.17) is 5.73 Å². The molecule has 2 amide bonds. The maximum atomic E-state index is 12.4. The molecule has 1 heterocycles. The average Bonchev–Trinajstić information content (AvgIpc) is 2.45. The average molecular weight is 312 g/mol. The number of benzene rings is 1. The van der Waals surface area contributed by atoms with Gasteiger partial charge in [-0.3, -0.25) is 9.59 Å². The quantitative estimate of drug-likeness (QED) is 0.895. The van der Waals surface area contributed by atoms with Crippen LogP contribution in [0.1, 0.15) is 25.8 Å². The summed E-state index contributed by atoms with van der Waals surface area (Å²) in [7, 11) is 0. The number of hydrogen-bond donors (Lipinski definition) is 2. The number of hydrogen-bond acceptors (Lipinski definition) is 3. The minimum atomic E-state index is -0.189. The Morgan fingerprint density at radius 3 is 2.76 bits per heavy atom. The molecule has 2 rings (SSSR count). The van der Waals surface area contributed by atoms with Crippen LogP contribution < -0.4 is 16.0 Å². The van der Waals surface area contributed by atoms with Gasteiger partial charge in [0.25, 0.3) is 0 Å². The third-order valence-electron chi connectivity index (χ3n) is 3.60. The first-order valence-electron chi connectivity index (χ1n) is 6.95. The van der Waals surface area contributed by atoms with E-state index in [2.05, 4.69) is 5.32 Å². The van der Waals surface area contributed by atoms with Crippen molar-refractivity contribution in [1.29, 1.82) is 0 Å². The Bertz CT molecular complexity index is 534. The molecule has 6 heteroatoms. The molecule has 0 radical (unpaired) electrons. The van der Waals surface area contributed by atoms with E-state index < -0.39 is 0 Å². The zero-order chi connectivity index (χ0) is 14.7. The maximum Gasteiger partial charge on any atom is 0.231 e. The molecule has 0 spiro atoms. The molecule has 1 unspecified atom stereocenters. The van der Waals surface area contributed by atoms with Crippen LogP contribution in [0.25, 0.3) is 0 Å². The fourth-order valence-electron chi connectivity index (χ4n) is 2.53. The Kier molecular flexibility index (Phi) is 6.18. The lowest BCUT2D eigenvalue weighted by molar-refractivity contribution is -0.121. The lowest BCUT2D eigenvalue weighted by atomic mass is 9.98. The number of carbonyl (C=O) groups excluding carboxylic acids is 2. The molecule has 0 saturated carbocycles. The lowest BCUT2D eigenvalue weighted by Gasteiger charge is -2.32. The maximum absolute atomic E-state index is 12.4. The molecule has 5 nitrogen and oxygen atoms in total. The van der Waals surface area contributed by atoms with Crippen LogP contribution in [-0.4, -0.2) is 24.9 Å². The summed E-state index contributed by atoms with van der Waals surface area (Å²) in [4.78, 5) is 25.4. The molecule has 0 bridgehead atoms. The highest BCUT2D eigenvalue weighted by Gasteiger charge is 2.26. The van der Waals surface area contributed by atoms with Gasteiger partial charge in [0.1, 0.15) is 0 Å². The first-order chi connectivity index (χ1) is 9.54. The number of rotatable bonds is 3. The Labute approximate surface area is 131 Å². The number of amides is 2. The van der Waals surface area contributed by atoms with Gasteiger partial charge >= 0.3 is 0 Å². The summed E-state index contributed by atoms with van der Waals surface area (Å²) in [5.41, 5.74) is 8.32. The Hall–Kier alpha value is -1.59. The van der Waals surface area contributed by atoms with E-state index >= 15 is 0 Å². The molecule has 3 N–H and O–H groups in total. The number of nitrogens with one attached hydrogen (secondary N) is 1. The van der Waals surface area contributed by atoms with Crippen LogP contribution in [0.15, 0.2) is 18.2 Å².